The second-order valence-electron chi connectivity index (χ2n) is 5.05. The second-order valence-corrected chi connectivity index (χ2v) is 5.05. The molecule has 0 aromatic heterocycles. The Morgan fingerprint density at radius 2 is 1.76 bits per heavy atom. The summed E-state index contributed by atoms with van der Waals surface area (Å²) in [6, 6.07) is 8.00. The Morgan fingerprint density at radius 1 is 1.12 bits per heavy atom. The molecule has 1 aromatic carbocycles. The van der Waals surface area contributed by atoms with Crippen molar-refractivity contribution < 1.29 is 5.11 Å². The highest BCUT2D eigenvalue weighted by atomic mass is 16.3. The molecule has 4 N–H and O–H groups in total. The molecule has 1 aliphatic carbocycles. The topological polar surface area (TPSA) is 58.3 Å². The third-order valence-corrected chi connectivity index (χ3v) is 3.56. The average molecular weight is 234 g/mol. The van der Waals surface area contributed by atoms with Crippen LogP contribution in [0.1, 0.15) is 31.2 Å². The molecule has 0 amide bonds. The zero-order valence-corrected chi connectivity index (χ0v) is 10.2. The highest BCUT2D eigenvalue weighted by Gasteiger charge is 2.18. The van der Waals surface area contributed by atoms with E-state index in [0.717, 1.165) is 50.4 Å². The van der Waals surface area contributed by atoms with Crippen LogP contribution in [0.25, 0.3) is 0 Å². The Morgan fingerprint density at radius 3 is 2.41 bits per heavy atom. The van der Waals surface area contributed by atoms with Crippen LogP contribution in [0.4, 0.5) is 5.69 Å². The van der Waals surface area contributed by atoms with Gasteiger partial charge in [0.15, 0.2) is 0 Å². The quantitative estimate of drug-likeness (QED) is 0.697. The number of aliphatic hydroxyl groups is 1. The highest BCUT2D eigenvalue weighted by Crippen LogP contribution is 2.23. The van der Waals surface area contributed by atoms with E-state index in [0.29, 0.717) is 0 Å². The first-order valence-corrected chi connectivity index (χ1v) is 6.47. The third-order valence-electron chi connectivity index (χ3n) is 3.56. The van der Waals surface area contributed by atoms with Crippen molar-refractivity contribution in [3.05, 3.63) is 29.8 Å². The lowest BCUT2D eigenvalue weighted by molar-refractivity contribution is 0.108. The zero-order valence-electron chi connectivity index (χ0n) is 10.2. The van der Waals surface area contributed by atoms with Crippen molar-refractivity contribution in [3.8, 4) is 0 Å². The summed E-state index contributed by atoms with van der Waals surface area (Å²) in [5.41, 5.74) is 7.73. The van der Waals surface area contributed by atoms with Crippen LogP contribution in [0.3, 0.4) is 0 Å². The van der Waals surface area contributed by atoms with Crippen LogP contribution in [0, 0.1) is 5.92 Å². The van der Waals surface area contributed by atoms with E-state index in [4.69, 9.17) is 5.73 Å². The summed E-state index contributed by atoms with van der Waals surface area (Å²) >= 11 is 0. The van der Waals surface area contributed by atoms with Crippen LogP contribution in [0.2, 0.25) is 0 Å². The molecule has 1 aromatic rings. The van der Waals surface area contributed by atoms with Crippen molar-refractivity contribution in [3.63, 3.8) is 0 Å². The number of hydrogen-bond donors (Lipinski definition) is 3. The van der Waals surface area contributed by atoms with Crippen molar-refractivity contribution in [2.24, 2.45) is 5.92 Å². The fourth-order valence-electron chi connectivity index (χ4n) is 2.41. The fourth-order valence-corrected chi connectivity index (χ4v) is 2.41. The van der Waals surface area contributed by atoms with Gasteiger partial charge in [0.25, 0.3) is 0 Å². The standard InChI is InChI=1S/C14H22N2O/c15-13-5-1-11(2-6-13)9-16-10-12-3-7-14(17)8-4-12/h1-2,5-6,12,14,16-17H,3-4,7-10,15H2. The first kappa shape index (κ1) is 12.4. The normalized spacial score (nSPS) is 24.8. The van der Waals surface area contributed by atoms with Crippen molar-refractivity contribution in [1.29, 1.82) is 0 Å². The van der Waals surface area contributed by atoms with Gasteiger partial charge in [0.1, 0.15) is 0 Å². The Bertz CT molecular complexity index is 329. The van der Waals surface area contributed by atoms with E-state index in [1.165, 1.54) is 5.56 Å². The number of nitrogen functional groups attached to an aromatic ring is 1. The van der Waals surface area contributed by atoms with Gasteiger partial charge in [-0.3, -0.25) is 0 Å². The molecular formula is C14H22N2O. The molecule has 0 spiro atoms. The predicted molar refractivity (Wildman–Crippen MR) is 70.5 cm³/mol. The Kier molecular flexibility index (Phi) is 4.40. The van der Waals surface area contributed by atoms with E-state index in [1.54, 1.807) is 0 Å². The summed E-state index contributed by atoms with van der Waals surface area (Å²) in [6.07, 6.45) is 4.18. The first-order valence-electron chi connectivity index (χ1n) is 6.47. The van der Waals surface area contributed by atoms with Crippen molar-refractivity contribution in [2.75, 3.05) is 12.3 Å². The summed E-state index contributed by atoms with van der Waals surface area (Å²) < 4.78 is 0. The molecule has 1 saturated carbocycles. The van der Waals surface area contributed by atoms with Gasteiger partial charge in [-0.25, -0.2) is 0 Å². The summed E-state index contributed by atoms with van der Waals surface area (Å²) in [5, 5.41) is 12.9. The van der Waals surface area contributed by atoms with Crippen LogP contribution in [-0.2, 0) is 6.54 Å². The number of aliphatic hydroxyl groups excluding tert-OH is 1. The van der Waals surface area contributed by atoms with Gasteiger partial charge in [-0.2, -0.15) is 0 Å². The van der Waals surface area contributed by atoms with E-state index in [-0.39, 0.29) is 6.10 Å². The van der Waals surface area contributed by atoms with Gasteiger partial charge in [0.2, 0.25) is 0 Å². The van der Waals surface area contributed by atoms with Gasteiger partial charge in [-0.05, 0) is 55.8 Å². The van der Waals surface area contributed by atoms with Crippen LogP contribution in [0.5, 0.6) is 0 Å². The predicted octanol–water partition coefficient (Wildman–Crippen LogP) is 1.91. The van der Waals surface area contributed by atoms with E-state index in [2.05, 4.69) is 17.4 Å². The largest absolute Gasteiger partial charge is 0.399 e. The van der Waals surface area contributed by atoms with E-state index in [9.17, 15) is 5.11 Å². The summed E-state index contributed by atoms with van der Waals surface area (Å²) in [5.74, 6) is 0.729. The number of anilines is 1. The molecule has 0 heterocycles. The number of nitrogens with one attached hydrogen (secondary N) is 1. The smallest absolute Gasteiger partial charge is 0.0540 e. The van der Waals surface area contributed by atoms with Crippen LogP contribution in [-0.4, -0.2) is 17.8 Å². The lowest BCUT2D eigenvalue weighted by Gasteiger charge is -2.25. The molecule has 1 aliphatic rings. The molecule has 3 nitrogen and oxygen atoms in total. The Labute approximate surface area is 103 Å². The van der Waals surface area contributed by atoms with Crippen molar-refractivity contribution >= 4 is 5.69 Å². The number of benzene rings is 1. The molecule has 0 atom stereocenters. The minimum Gasteiger partial charge on any atom is -0.399 e. The minimum absolute atomic E-state index is 0.0525. The summed E-state index contributed by atoms with van der Waals surface area (Å²) in [7, 11) is 0. The summed E-state index contributed by atoms with van der Waals surface area (Å²) in [4.78, 5) is 0. The van der Waals surface area contributed by atoms with Crippen molar-refractivity contribution in [1.82, 2.24) is 5.32 Å². The number of nitrogens with two attached hydrogens (primary N) is 1. The monoisotopic (exact) mass is 234 g/mol. The first-order chi connectivity index (χ1) is 8.24. The van der Waals surface area contributed by atoms with Crippen LogP contribution >= 0.6 is 0 Å². The molecule has 94 valence electrons. The molecule has 0 unspecified atom stereocenters. The lowest BCUT2D eigenvalue weighted by Crippen LogP contribution is -2.27. The molecule has 0 saturated heterocycles. The summed E-state index contributed by atoms with van der Waals surface area (Å²) in [6.45, 7) is 1.95. The third kappa shape index (κ3) is 4.02. The Balaban J connectivity index is 1.67. The SMILES string of the molecule is Nc1ccc(CNCC2CCC(O)CC2)cc1. The van der Waals surface area contributed by atoms with Gasteiger partial charge in [0.05, 0.1) is 6.10 Å². The molecule has 3 heteroatoms. The van der Waals surface area contributed by atoms with Gasteiger partial charge >= 0.3 is 0 Å². The molecular weight excluding hydrogens is 212 g/mol. The van der Waals surface area contributed by atoms with Crippen molar-refractivity contribution in [2.45, 2.75) is 38.3 Å². The average Bonchev–Trinajstić information content (AvgIpc) is 2.34. The van der Waals surface area contributed by atoms with Gasteiger partial charge in [-0.1, -0.05) is 12.1 Å². The maximum atomic E-state index is 9.42. The van der Waals surface area contributed by atoms with Gasteiger partial charge in [-0.15, -0.1) is 0 Å². The maximum Gasteiger partial charge on any atom is 0.0540 e. The number of hydrogen-bond acceptors (Lipinski definition) is 3. The molecule has 0 radical (unpaired) electrons. The molecule has 0 bridgehead atoms. The molecule has 2 rings (SSSR count). The van der Waals surface area contributed by atoms with E-state index in [1.807, 2.05) is 12.1 Å². The van der Waals surface area contributed by atoms with Crippen LogP contribution < -0.4 is 11.1 Å². The highest BCUT2D eigenvalue weighted by molar-refractivity contribution is 5.39. The fraction of sp³-hybridized carbons (Fsp3) is 0.571. The minimum atomic E-state index is -0.0525. The van der Waals surface area contributed by atoms with Gasteiger partial charge < -0.3 is 16.2 Å². The zero-order chi connectivity index (χ0) is 12.1. The second kappa shape index (κ2) is 6.03. The molecule has 17 heavy (non-hydrogen) atoms. The maximum absolute atomic E-state index is 9.42. The lowest BCUT2D eigenvalue weighted by atomic mass is 9.87. The van der Waals surface area contributed by atoms with Gasteiger partial charge in [0, 0.05) is 12.2 Å². The number of rotatable bonds is 4. The Hall–Kier alpha value is -1.06. The van der Waals surface area contributed by atoms with E-state index < -0.39 is 0 Å². The van der Waals surface area contributed by atoms with Crippen LogP contribution in [0.15, 0.2) is 24.3 Å². The molecule has 1 fully saturated rings. The van der Waals surface area contributed by atoms with E-state index >= 15 is 0 Å². The molecule has 0 aliphatic heterocycles.